The molecule has 0 spiro atoms. The molecule has 0 unspecified atom stereocenters. The highest BCUT2D eigenvalue weighted by atomic mass is 31.2. The molecular formula is C21H17F2N6OP. The van der Waals surface area contributed by atoms with Crippen molar-refractivity contribution in [3.8, 4) is 11.3 Å². The van der Waals surface area contributed by atoms with Crippen LogP contribution in [-0.2, 0) is 10.5 Å². The van der Waals surface area contributed by atoms with E-state index in [1.807, 2.05) is 0 Å². The third kappa shape index (κ3) is 3.31. The van der Waals surface area contributed by atoms with Crippen LogP contribution in [0.15, 0.2) is 67.1 Å². The molecule has 5 rings (SSSR count). The third-order valence-corrected chi connectivity index (χ3v) is 6.58. The molecule has 4 heterocycles. The molecule has 0 aliphatic carbocycles. The zero-order valence-corrected chi connectivity index (χ0v) is 17.5. The van der Waals surface area contributed by atoms with E-state index in [-0.39, 0.29) is 11.2 Å². The van der Waals surface area contributed by atoms with Crippen LogP contribution in [-0.4, -0.2) is 42.5 Å². The van der Waals surface area contributed by atoms with Gasteiger partial charge in [-0.05, 0) is 43.7 Å². The second-order valence-electron chi connectivity index (χ2n) is 7.60. The van der Waals surface area contributed by atoms with E-state index < -0.39 is 18.9 Å². The Bertz CT molecular complexity index is 1490. The van der Waals surface area contributed by atoms with Crippen molar-refractivity contribution in [2.45, 2.75) is 5.92 Å². The Hall–Kier alpha value is -3.45. The highest BCUT2D eigenvalue weighted by Gasteiger charge is 2.40. The number of benzene rings is 1. The van der Waals surface area contributed by atoms with E-state index in [9.17, 15) is 4.57 Å². The van der Waals surface area contributed by atoms with Crippen LogP contribution in [0, 0.1) is 0 Å². The topological polar surface area (TPSA) is 77.5 Å². The zero-order valence-electron chi connectivity index (χ0n) is 16.6. The summed E-state index contributed by atoms with van der Waals surface area (Å²) in [6, 6.07) is 13.2. The number of nitrogens with zero attached hydrogens (tertiary/aromatic N) is 6. The lowest BCUT2D eigenvalue weighted by molar-refractivity contribution is 0.0302. The van der Waals surface area contributed by atoms with Crippen molar-refractivity contribution in [1.82, 2.24) is 29.2 Å². The smallest absolute Gasteiger partial charge is 0.319 e. The molecule has 7 nitrogen and oxygen atoms in total. The first kappa shape index (κ1) is 19.5. The van der Waals surface area contributed by atoms with Crippen molar-refractivity contribution >= 4 is 23.7 Å². The Balaban J connectivity index is 1.63. The Kier molecular flexibility index (Phi) is 4.27. The predicted octanol–water partition coefficient (Wildman–Crippen LogP) is 3.83. The summed E-state index contributed by atoms with van der Waals surface area (Å²) in [6.07, 6.45) is 4.45. The molecule has 156 valence electrons. The fraction of sp³-hybridized carbons (Fsp3) is 0.143. The maximum atomic E-state index is 15.4. The van der Waals surface area contributed by atoms with Gasteiger partial charge in [0.1, 0.15) is 12.8 Å². The highest BCUT2D eigenvalue weighted by Crippen LogP contribution is 2.36. The van der Waals surface area contributed by atoms with Crippen molar-refractivity contribution in [2.24, 2.45) is 0 Å². The fourth-order valence-corrected chi connectivity index (χ4v) is 4.27. The molecule has 0 fully saturated rings. The summed E-state index contributed by atoms with van der Waals surface area (Å²) in [5.41, 5.74) is 1.64. The number of hydrogen-bond donors (Lipinski definition) is 0. The van der Waals surface area contributed by atoms with E-state index >= 15 is 8.78 Å². The summed E-state index contributed by atoms with van der Waals surface area (Å²) in [5.74, 6) is -4.02. The average molecular weight is 438 g/mol. The van der Waals surface area contributed by atoms with Crippen LogP contribution < -0.4 is 5.30 Å². The minimum atomic E-state index is -3.44. The molecule has 31 heavy (non-hydrogen) atoms. The molecule has 1 aromatic carbocycles. The van der Waals surface area contributed by atoms with E-state index in [4.69, 9.17) is 0 Å². The van der Waals surface area contributed by atoms with Crippen LogP contribution in [0.3, 0.4) is 0 Å². The predicted molar refractivity (Wildman–Crippen MR) is 113 cm³/mol. The monoisotopic (exact) mass is 438 g/mol. The summed E-state index contributed by atoms with van der Waals surface area (Å²) >= 11 is 0. The van der Waals surface area contributed by atoms with Crippen molar-refractivity contribution in [2.75, 3.05) is 13.3 Å². The maximum absolute atomic E-state index is 15.4. The Morgan fingerprint density at radius 2 is 1.81 bits per heavy atom. The molecule has 0 amide bonds. The zero-order chi connectivity index (χ0) is 21.8. The third-order valence-electron chi connectivity index (χ3n) is 5.06. The molecule has 0 aliphatic heterocycles. The van der Waals surface area contributed by atoms with Gasteiger partial charge in [-0.3, -0.25) is 0 Å². The van der Waals surface area contributed by atoms with Gasteiger partial charge in [0.05, 0.1) is 5.69 Å². The normalized spacial score (nSPS) is 12.6. The van der Waals surface area contributed by atoms with Gasteiger partial charge in [0.2, 0.25) is 5.82 Å². The largest absolute Gasteiger partial charge is 0.335 e. The van der Waals surface area contributed by atoms with Crippen LogP contribution in [0.4, 0.5) is 8.78 Å². The number of pyridine rings is 1. The molecule has 0 saturated heterocycles. The van der Waals surface area contributed by atoms with Crippen LogP contribution >= 0.6 is 7.14 Å². The number of imidazole rings is 1. The van der Waals surface area contributed by atoms with Gasteiger partial charge in [0.15, 0.2) is 5.65 Å². The lowest BCUT2D eigenvalue weighted by Crippen LogP contribution is -2.21. The van der Waals surface area contributed by atoms with Gasteiger partial charge in [-0.1, -0.05) is 18.2 Å². The summed E-state index contributed by atoms with van der Waals surface area (Å²) in [4.78, 5) is 4.08. The Morgan fingerprint density at radius 1 is 1.00 bits per heavy atom. The van der Waals surface area contributed by atoms with Gasteiger partial charge in [-0.15, -0.1) is 10.2 Å². The summed E-state index contributed by atoms with van der Waals surface area (Å²) in [5, 5.41) is 12.7. The van der Waals surface area contributed by atoms with Gasteiger partial charge < -0.3 is 8.97 Å². The van der Waals surface area contributed by atoms with E-state index in [1.54, 1.807) is 55.9 Å². The summed E-state index contributed by atoms with van der Waals surface area (Å²) in [7, 11) is -2.48. The van der Waals surface area contributed by atoms with Crippen LogP contribution in [0.1, 0.15) is 11.4 Å². The van der Waals surface area contributed by atoms with E-state index in [2.05, 4.69) is 20.3 Å². The summed E-state index contributed by atoms with van der Waals surface area (Å²) < 4.78 is 45.8. The minimum Gasteiger partial charge on any atom is -0.319 e. The first-order valence-electron chi connectivity index (χ1n) is 9.43. The van der Waals surface area contributed by atoms with Gasteiger partial charge in [-0.25, -0.2) is 4.98 Å². The van der Waals surface area contributed by atoms with Gasteiger partial charge >= 0.3 is 5.92 Å². The van der Waals surface area contributed by atoms with E-state index in [0.717, 1.165) is 4.52 Å². The number of rotatable bonds is 4. The van der Waals surface area contributed by atoms with Crippen molar-refractivity contribution in [3.05, 3.63) is 78.5 Å². The summed E-state index contributed by atoms with van der Waals surface area (Å²) in [6.45, 7) is 3.36. The molecule has 5 aromatic rings. The van der Waals surface area contributed by atoms with Crippen LogP contribution in [0.2, 0.25) is 0 Å². The molecular weight excluding hydrogens is 421 g/mol. The van der Waals surface area contributed by atoms with E-state index in [1.165, 1.54) is 28.9 Å². The quantitative estimate of drug-likeness (QED) is 0.399. The molecule has 0 aliphatic rings. The molecule has 0 saturated carbocycles. The minimum absolute atomic E-state index is 0.204. The van der Waals surface area contributed by atoms with Crippen LogP contribution in [0.5, 0.6) is 0 Å². The first-order valence-corrected chi connectivity index (χ1v) is 12.0. The van der Waals surface area contributed by atoms with Gasteiger partial charge in [0.25, 0.3) is 0 Å². The number of fused-ring (bicyclic) bond motifs is 2. The van der Waals surface area contributed by atoms with Crippen molar-refractivity contribution in [1.29, 1.82) is 0 Å². The number of halogens is 2. The second-order valence-corrected chi connectivity index (χ2v) is 10.8. The molecule has 0 N–H and O–H groups in total. The van der Waals surface area contributed by atoms with E-state index in [0.29, 0.717) is 22.2 Å². The molecule has 0 atom stereocenters. The first-order chi connectivity index (χ1) is 14.7. The number of alkyl halides is 2. The molecule has 0 bridgehead atoms. The Labute approximate surface area is 175 Å². The number of aromatic nitrogens is 6. The number of hydrogen-bond acceptors (Lipinski definition) is 5. The van der Waals surface area contributed by atoms with Crippen molar-refractivity contribution < 1.29 is 13.3 Å². The fourth-order valence-electron chi connectivity index (χ4n) is 3.37. The van der Waals surface area contributed by atoms with Gasteiger partial charge in [-0.2, -0.15) is 18.4 Å². The SMILES string of the molecule is CP(C)(=O)c1cccc(-c2ccc3nnc(C(F)(F)c4ccc5nccn5c4)n3n2)c1. The molecule has 4 aromatic heterocycles. The maximum Gasteiger partial charge on any atom is 0.335 e. The molecule has 10 heteroatoms. The second kappa shape index (κ2) is 6.78. The highest BCUT2D eigenvalue weighted by molar-refractivity contribution is 7.70. The molecule has 0 radical (unpaired) electrons. The van der Waals surface area contributed by atoms with Crippen LogP contribution in [0.25, 0.3) is 22.6 Å². The van der Waals surface area contributed by atoms with Gasteiger partial charge in [0, 0.05) is 35.0 Å². The Morgan fingerprint density at radius 3 is 2.61 bits per heavy atom. The lowest BCUT2D eigenvalue weighted by atomic mass is 10.1. The van der Waals surface area contributed by atoms with Crippen molar-refractivity contribution in [3.63, 3.8) is 0 Å². The lowest BCUT2D eigenvalue weighted by Gasteiger charge is -2.15. The average Bonchev–Trinajstić information content (AvgIpc) is 3.39. The standard InChI is InChI=1S/C21H17F2N6OP/c1-31(2,30)16-5-3-4-14(12-16)17-7-9-19-25-26-20(29(19)27-17)21(22,23)15-6-8-18-24-10-11-28(18)13-15/h3-13H,1-2H3.